The third kappa shape index (κ3) is 12.3. The number of benzene rings is 2. The molecule has 2 rings (SSSR count). The maximum Gasteiger partial charge on any atom is 0.333 e. The molecule has 2 aromatic rings. The molecule has 252 valence electrons. The van der Waals surface area contributed by atoms with E-state index in [1.54, 1.807) is 24.3 Å². The molecule has 2 atom stereocenters. The van der Waals surface area contributed by atoms with Crippen LogP contribution in [-0.2, 0) is 43.5 Å². The van der Waals surface area contributed by atoms with E-state index in [0.717, 1.165) is 11.1 Å². The zero-order valence-electron chi connectivity index (χ0n) is 28.0. The van der Waals surface area contributed by atoms with E-state index >= 15 is 0 Å². The summed E-state index contributed by atoms with van der Waals surface area (Å²) in [5.41, 5.74) is 2.49. The highest BCUT2D eigenvalue weighted by Crippen LogP contribution is 2.33. The minimum absolute atomic E-state index is 0.0454. The zero-order valence-corrected chi connectivity index (χ0v) is 28.0. The lowest BCUT2D eigenvalue weighted by Crippen LogP contribution is -2.31. The van der Waals surface area contributed by atoms with E-state index in [4.69, 9.17) is 28.4 Å². The number of carbonyl (C=O) groups excluding carboxylic acids is 4. The van der Waals surface area contributed by atoms with Gasteiger partial charge in [-0.3, -0.25) is 0 Å². The molecule has 0 aliphatic rings. The molecule has 10 heteroatoms. The van der Waals surface area contributed by atoms with Gasteiger partial charge in [0.1, 0.15) is 37.9 Å². The molecule has 0 aliphatic carbocycles. The highest BCUT2D eigenvalue weighted by Gasteiger charge is 2.24. The van der Waals surface area contributed by atoms with E-state index in [0.29, 0.717) is 11.5 Å². The van der Waals surface area contributed by atoms with Crippen LogP contribution in [0.4, 0.5) is 0 Å². The van der Waals surface area contributed by atoms with E-state index in [9.17, 15) is 19.2 Å². The molecule has 0 saturated heterocycles. The van der Waals surface area contributed by atoms with Crippen LogP contribution in [0.2, 0.25) is 0 Å². The van der Waals surface area contributed by atoms with Crippen molar-refractivity contribution in [3.8, 4) is 11.5 Å². The van der Waals surface area contributed by atoms with Gasteiger partial charge in [-0.15, -0.1) is 0 Å². The van der Waals surface area contributed by atoms with Gasteiger partial charge in [-0.05, 0) is 63.1 Å². The van der Waals surface area contributed by atoms with Crippen LogP contribution in [0, 0.1) is 0 Å². The molecule has 0 amide bonds. The number of hydrogen-bond acceptors (Lipinski definition) is 10. The summed E-state index contributed by atoms with van der Waals surface area (Å²) in [6.45, 7) is 24.0. The van der Waals surface area contributed by atoms with E-state index in [-0.39, 0.29) is 48.7 Å². The largest absolute Gasteiger partial charge is 0.490 e. The van der Waals surface area contributed by atoms with Crippen molar-refractivity contribution in [1.82, 2.24) is 0 Å². The lowest BCUT2D eigenvalue weighted by atomic mass is 9.78. The normalized spacial score (nSPS) is 12.0. The minimum Gasteiger partial charge on any atom is -0.490 e. The molecule has 0 bridgehead atoms. The Morgan fingerprint density at radius 2 is 0.830 bits per heavy atom. The fraction of sp³-hybridized carbons (Fsp3) is 0.351. The van der Waals surface area contributed by atoms with Gasteiger partial charge in [0.05, 0.1) is 0 Å². The third-order valence-electron chi connectivity index (χ3n) is 6.77. The quantitative estimate of drug-likeness (QED) is 0.108. The van der Waals surface area contributed by atoms with Gasteiger partial charge in [0, 0.05) is 27.7 Å². The van der Waals surface area contributed by atoms with Crippen molar-refractivity contribution in [2.75, 3.05) is 26.4 Å². The van der Waals surface area contributed by atoms with Gasteiger partial charge < -0.3 is 28.4 Å². The van der Waals surface area contributed by atoms with Crippen molar-refractivity contribution in [2.24, 2.45) is 0 Å². The summed E-state index contributed by atoms with van der Waals surface area (Å²) in [5.74, 6) is -1.36. The molecule has 0 saturated carbocycles. The van der Waals surface area contributed by atoms with Gasteiger partial charge in [0.25, 0.3) is 0 Å². The molecule has 2 unspecified atom stereocenters. The monoisotopic (exact) mass is 648 g/mol. The molecular weight excluding hydrogens is 604 g/mol. The van der Waals surface area contributed by atoms with Crippen molar-refractivity contribution in [1.29, 1.82) is 0 Å². The first-order valence-corrected chi connectivity index (χ1v) is 14.9. The fourth-order valence-electron chi connectivity index (χ4n) is 3.80. The summed E-state index contributed by atoms with van der Waals surface area (Å²) in [7, 11) is 0. The van der Waals surface area contributed by atoms with Gasteiger partial charge in [-0.1, -0.05) is 64.4 Å². The minimum atomic E-state index is -0.848. The first-order valence-electron chi connectivity index (χ1n) is 14.9. The summed E-state index contributed by atoms with van der Waals surface area (Å²) in [6, 6.07) is 15.0. The number of ether oxygens (including phenoxy) is 6. The summed E-state index contributed by atoms with van der Waals surface area (Å²) >= 11 is 0. The van der Waals surface area contributed by atoms with Crippen LogP contribution < -0.4 is 9.47 Å². The first kappa shape index (κ1) is 38.1. The third-order valence-corrected chi connectivity index (χ3v) is 6.77. The molecule has 0 aliphatic heterocycles. The molecule has 0 spiro atoms. The highest BCUT2D eigenvalue weighted by molar-refractivity contribution is 5.88. The second-order valence-corrected chi connectivity index (χ2v) is 11.7. The van der Waals surface area contributed by atoms with Crippen molar-refractivity contribution >= 4 is 23.9 Å². The SMILES string of the molecule is C=C(C)C(=O)OCC(COc1ccc(C(C)(C)c2ccc(OCC(COC(=O)C(=C)C)OC(=O)C(=C)C)cc2)cc1)OC(=O)C(=C)C. The second-order valence-electron chi connectivity index (χ2n) is 11.7. The molecule has 0 radical (unpaired) electrons. The number of rotatable bonds is 18. The van der Waals surface area contributed by atoms with Gasteiger partial charge in [0.2, 0.25) is 0 Å². The maximum absolute atomic E-state index is 12.1. The Kier molecular flexibility index (Phi) is 14.2. The highest BCUT2D eigenvalue weighted by atomic mass is 16.6. The van der Waals surface area contributed by atoms with Crippen LogP contribution in [0.25, 0.3) is 0 Å². The molecule has 47 heavy (non-hydrogen) atoms. The molecule has 0 N–H and O–H groups in total. The predicted octanol–water partition coefficient (Wildman–Crippen LogP) is 5.98. The second kappa shape index (κ2) is 17.5. The maximum atomic E-state index is 12.1. The van der Waals surface area contributed by atoms with Crippen LogP contribution >= 0.6 is 0 Å². The average molecular weight is 649 g/mol. The first-order chi connectivity index (χ1) is 22.0. The predicted molar refractivity (Wildman–Crippen MR) is 177 cm³/mol. The standard InChI is InChI=1S/C37H44O10/c1-23(2)33(38)44-21-31(46-35(40)25(5)6)19-42-29-15-11-27(12-16-29)37(9,10)28-13-17-30(18-14-28)43-20-32(47-36(41)26(7)8)22-45-34(39)24(3)4/h11-18,31-32H,1,3,5,7,19-22H2,2,4,6,8-10H3. The van der Waals surface area contributed by atoms with Crippen molar-refractivity contribution < 1.29 is 47.6 Å². The van der Waals surface area contributed by atoms with E-state index in [2.05, 4.69) is 40.2 Å². The topological polar surface area (TPSA) is 124 Å². The Labute approximate surface area is 276 Å². The average Bonchev–Trinajstić information content (AvgIpc) is 3.03. The zero-order chi connectivity index (χ0) is 35.3. The van der Waals surface area contributed by atoms with Gasteiger partial charge >= 0.3 is 23.9 Å². The van der Waals surface area contributed by atoms with Crippen molar-refractivity contribution in [3.63, 3.8) is 0 Å². The number of carbonyl (C=O) groups is 4. The summed E-state index contributed by atoms with van der Waals surface area (Å²) in [5, 5.41) is 0. The van der Waals surface area contributed by atoms with Crippen molar-refractivity contribution in [3.05, 3.63) is 108 Å². The lowest BCUT2D eigenvalue weighted by molar-refractivity contribution is -0.155. The van der Waals surface area contributed by atoms with Gasteiger partial charge in [-0.2, -0.15) is 0 Å². The Bertz CT molecular complexity index is 1370. The molecule has 2 aromatic carbocycles. The molecule has 0 aromatic heterocycles. The van der Waals surface area contributed by atoms with E-state index in [1.807, 2.05) is 24.3 Å². The summed E-state index contributed by atoms with van der Waals surface area (Å²) in [4.78, 5) is 47.8. The van der Waals surface area contributed by atoms with Crippen LogP contribution in [0.5, 0.6) is 11.5 Å². The summed E-state index contributed by atoms with van der Waals surface area (Å²) < 4.78 is 32.7. The Morgan fingerprint density at radius 1 is 0.532 bits per heavy atom. The molecule has 10 nitrogen and oxygen atoms in total. The van der Waals surface area contributed by atoms with E-state index in [1.165, 1.54) is 27.7 Å². The smallest absolute Gasteiger partial charge is 0.333 e. The molecule has 0 fully saturated rings. The Hall–Kier alpha value is -5.12. The van der Waals surface area contributed by atoms with Crippen molar-refractivity contribution in [2.45, 2.75) is 59.2 Å². The Morgan fingerprint density at radius 3 is 1.11 bits per heavy atom. The fourth-order valence-corrected chi connectivity index (χ4v) is 3.80. The number of hydrogen-bond donors (Lipinski definition) is 0. The van der Waals surface area contributed by atoms with Gasteiger partial charge in [0.15, 0.2) is 12.2 Å². The number of esters is 4. The van der Waals surface area contributed by atoms with Crippen LogP contribution in [-0.4, -0.2) is 62.5 Å². The Balaban J connectivity index is 2.06. The van der Waals surface area contributed by atoms with E-state index < -0.39 is 41.5 Å². The lowest BCUT2D eigenvalue weighted by Gasteiger charge is -2.27. The van der Waals surface area contributed by atoms with Crippen LogP contribution in [0.1, 0.15) is 52.7 Å². The molecular formula is C37H44O10. The summed E-state index contributed by atoms with van der Waals surface area (Å²) in [6.07, 6.45) is -1.70. The van der Waals surface area contributed by atoms with Gasteiger partial charge in [-0.25, -0.2) is 19.2 Å². The van der Waals surface area contributed by atoms with Crippen LogP contribution in [0.15, 0.2) is 97.1 Å². The molecule has 0 heterocycles. The van der Waals surface area contributed by atoms with Crippen LogP contribution in [0.3, 0.4) is 0 Å².